The molecule has 0 bridgehead atoms. The zero-order valence-electron chi connectivity index (χ0n) is 15.1. The SMILES string of the molecule is CCOc1cccc(-c2noc(-c3c(O)c4ccc(F)cc4n(C)c3=O)n2)c1. The topological polar surface area (TPSA) is 90.4 Å². The van der Waals surface area contributed by atoms with Crippen LogP contribution < -0.4 is 10.3 Å². The lowest BCUT2D eigenvalue weighted by Crippen LogP contribution is -2.19. The number of ether oxygens (including phenoxy) is 1. The van der Waals surface area contributed by atoms with Crippen molar-refractivity contribution in [2.45, 2.75) is 6.92 Å². The van der Waals surface area contributed by atoms with E-state index < -0.39 is 11.4 Å². The fourth-order valence-corrected chi connectivity index (χ4v) is 3.02. The molecule has 0 aliphatic carbocycles. The molecule has 142 valence electrons. The van der Waals surface area contributed by atoms with Crippen LogP contribution in [-0.2, 0) is 7.05 Å². The third-order valence-electron chi connectivity index (χ3n) is 4.37. The first kappa shape index (κ1) is 17.7. The van der Waals surface area contributed by atoms with Crippen molar-refractivity contribution in [3.8, 4) is 34.3 Å². The number of aromatic nitrogens is 3. The fourth-order valence-electron chi connectivity index (χ4n) is 3.02. The highest BCUT2D eigenvalue weighted by atomic mass is 19.1. The van der Waals surface area contributed by atoms with Gasteiger partial charge in [-0.2, -0.15) is 4.98 Å². The third kappa shape index (κ3) is 2.88. The van der Waals surface area contributed by atoms with Crippen LogP contribution in [0.1, 0.15) is 6.92 Å². The fraction of sp³-hybridized carbons (Fsp3) is 0.150. The summed E-state index contributed by atoms with van der Waals surface area (Å²) in [5.41, 5.74) is 0.186. The van der Waals surface area contributed by atoms with Gasteiger partial charge in [0.1, 0.15) is 22.9 Å². The van der Waals surface area contributed by atoms with Crippen LogP contribution in [0, 0.1) is 5.82 Å². The van der Waals surface area contributed by atoms with Gasteiger partial charge in [-0.3, -0.25) is 4.79 Å². The molecule has 0 radical (unpaired) electrons. The second-order valence-corrected chi connectivity index (χ2v) is 6.13. The Bertz CT molecular complexity index is 1250. The van der Waals surface area contributed by atoms with Gasteiger partial charge in [-0.15, -0.1) is 0 Å². The molecule has 4 rings (SSSR count). The number of hydrogen-bond donors (Lipinski definition) is 1. The van der Waals surface area contributed by atoms with Crippen LogP contribution in [0.2, 0.25) is 0 Å². The summed E-state index contributed by atoms with van der Waals surface area (Å²) in [5, 5.41) is 14.8. The second-order valence-electron chi connectivity index (χ2n) is 6.13. The minimum Gasteiger partial charge on any atom is -0.506 e. The Kier molecular flexibility index (Phi) is 4.31. The molecule has 0 fully saturated rings. The van der Waals surface area contributed by atoms with Crippen LogP contribution in [0.4, 0.5) is 4.39 Å². The van der Waals surface area contributed by atoms with E-state index in [0.717, 1.165) is 0 Å². The van der Waals surface area contributed by atoms with Crippen LogP contribution >= 0.6 is 0 Å². The molecular formula is C20H16FN3O4. The number of hydrogen-bond acceptors (Lipinski definition) is 6. The Labute approximate surface area is 158 Å². The van der Waals surface area contributed by atoms with E-state index in [4.69, 9.17) is 9.26 Å². The van der Waals surface area contributed by atoms with Crippen molar-refractivity contribution in [1.29, 1.82) is 0 Å². The molecule has 2 aromatic carbocycles. The zero-order valence-corrected chi connectivity index (χ0v) is 15.1. The van der Waals surface area contributed by atoms with Gasteiger partial charge in [0.05, 0.1) is 12.1 Å². The van der Waals surface area contributed by atoms with Crippen molar-refractivity contribution >= 4 is 10.9 Å². The largest absolute Gasteiger partial charge is 0.506 e. The van der Waals surface area contributed by atoms with Crippen LogP contribution in [0.25, 0.3) is 33.7 Å². The minimum absolute atomic E-state index is 0.124. The highest BCUT2D eigenvalue weighted by Crippen LogP contribution is 2.33. The van der Waals surface area contributed by atoms with E-state index in [0.29, 0.717) is 23.3 Å². The standard InChI is InChI=1S/C20H16FN3O4/c1-3-27-13-6-4-5-11(9-13)18-22-19(28-23-18)16-17(25)14-8-7-12(21)10-15(14)24(2)20(16)26/h4-10,25H,3H2,1-2H3. The van der Waals surface area contributed by atoms with Gasteiger partial charge in [0.25, 0.3) is 11.4 Å². The van der Waals surface area contributed by atoms with Crippen LogP contribution in [0.3, 0.4) is 0 Å². The number of benzene rings is 2. The highest BCUT2D eigenvalue weighted by molar-refractivity contribution is 5.91. The number of aromatic hydroxyl groups is 1. The van der Waals surface area contributed by atoms with Crippen molar-refractivity contribution in [2.24, 2.45) is 7.05 Å². The van der Waals surface area contributed by atoms with Gasteiger partial charge in [-0.25, -0.2) is 4.39 Å². The van der Waals surface area contributed by atoms with Gasteiger partial charge in [0, 0.05) is 18.0 Å². The highest BCUT2D eigenvalue weighted by Gasteiger charge is 2.22. The van der Waals surface area contributed by atoms with E-state index in [2.05, 4.69) is 10.1 Å². The van der Waals surface area contributed by atoms with E-state index in [1.807, 2.05) is 6.92 Å². The van der Waals surface area contributed by atoms with Crippen molar-refractivity contribution in [3.63, 3.8) is 0 Å². The lowest BCUT2D eigenvalue weighted by atomic mass is 10.1. The predicted molar refractivity (Wildman–Crippen MR) is 101 cm³/mol. The van der Waals surface area contributed by atoms with Crippen LogP contribution in [0.15, 0.2) is 51.8 Å². The summed E-state index contributed by atoms with van der Waals surface area (Å²) in [6, 6.07) is 10.9. The molecule has 0 amide bonds. The summed E-state index contributed by atoms with van der Waals surface area (Å²) in [4.78, 5) is 17.0. The molecule has 28 heavy (non-hydrogen) atoms. The maximum absolute atomic E-state index is 13.5. The second kappa shape index (κ2) is 6.80. The molecule has 0 aliphatic rings. The maximum Gasteiger partial charge on any atom is 0.267 e. The maximum atomic E-state index is 13.5. The first-order valence-corrected chi connectivity index (χ1v) is 8.58. The molecule has 1 N–H and O–H groups in total. The molecule has 7 nitrogen and oxygen atoms in total. The Morgan fingerprint density at radius 1 is 1.25 bits per heavy atom. The van der Waals surface area contributed by atoms with E-state index in [-0.39, 0.29) is 28.5 Å². The van der Waals surface area contributed by atoms with Crippen molar-refractivity contribution in [3.05, 3.63) is 58.6 Å². The Morgan fingerprint density at radius 3 is 2.86 bits per heavy atom. The molecule has 8 heteroatoms. The monoisotopic (exact) mass is 381 g/mol. The number of halogens is 1. The number of nitrogens with zero attached hydrogens (tertiary/aromatic N) is 3. The molecule has 4 aromatic rings. The lowest BCUT2D eigenvalue weighted by molar-refractivity contribution is 0.340. The smallest absolute Gasteiger partial charge is 0.267 e. The van der Waals surface area contributed by atoms with Crippen LogP contribution in [-0.4, -0.2) is 26.4 Å². The lowest BCUT2D eigenvalue weighted by Gasteiger charge is -2.09. The number of fused-ring (bicyclic) bond motifs is 1. The summed E-state index contributed by atoms with van der Waals surface area (Å²) in [7, 11) is 1.48. The summed E-state index contributed by atoms with van der Waals surface area (Å²) >= 11 is 0. The van der Waals surface area contributed by atoms with E-state index in [1.165, 1.54) is 29.8 Å². The van der Waals surface area contributed by atoms with E-state index in [1.54, 1.807) is 24.3 Å². The number of pyridine rings is 1. The zero-order chi connectivity index (χ0) is 19.8. The summed E-state index contributed by atoms with van der Waals surface area (Å²) < 4.78 is 25.5. The molecule has 0 saturated carbocycles. The molecule has 0 aliphatic heterocycles. The van der Waals surface area contributed by atoms with Gasteiger partial charge in [-0.1, -0.05) is 17.3 Å². The molecule has 0 unspecified atom stereocenters. The average Bonchev–Trinajstić information content (AvgIpc) is 3.16. The Balaban J connectivity index is 1.85. The number of rotatable bonds is 4. The first-order chi connectivity index (χ1) is 13.5. The molecule has 2 aromatic heterocycles. The summed E-state index contributed by atoms with van der Waals surface area (Å²) in [6.45, 7) is 2.39. The molecular weight excluding hydrogens is 365 g/mol. The molecule has 0 atom stereocenters. The molecule has 2 heterocycles. The minimum atomic E-state index is -0.575. The first-order valence-electron chi connectivity index (χ1n) is 8.58. The number of aryl methyl sites for hydroxylation is 1. The van der Waals surface area contributed by atoms with Crippen molar-refractivity contribution in [2.75, 3.05) is 6.61 Å². The van der Waals surface area contributed by atoms with Gasteiger partial charge >= 0.3 is 0 Å². The quantitative estimate of drug-likeness (QED) is 0.582. The van der Waals surface area contributed by atoms with Crippen molar-refractivity contribution in [1.82, 2.24) is 14.7 Å². The van der Waals surface area contributed by atoms with E-state index >= 15 is 0 Å². The average molecular weight is 381 g/mol. The van der Waals surface area contributed by atoms with Gasteiger partial charge in [-0.05, 0) is 37.3 Å². The summed E-state index contributed by atoms with van der Waals surface area (Å²) in [5.74, 6) is -0.0727. The van der Waals surface area contributed by atoms with Gasteiger partial charge in [0.15, 0.2) is 0 Å². The normalized spacial score (nSPS) is 11.1. The Hall–Kier alpha value is -3.68. The van der Waals surface area contributed by atoms with Crippen molar-refractivity contribution < 1.29 is 18.8 Å². The van der Waals surface area contributed by atoms with Crippen LogP contribution in [0.5, 0.6) is 11.5 Å². The predicted octanol–water partition coefficient (Wildman–Crippen LogP) is 3.50. The van der Waals surface area contributed by atoms with Gasteiger partial charge < -0.3 is 18.9 Å². The Morgan fingerprint density at radius 2 is 2.07 bits per heavy atom. The summed E-state index contributed by atoms with van der Waals surface area (Å²) in [6.07, 6.45) is 0. The molecule has 0 saturated heterocycles. The third-order valence-corrected chi connectivity index (χ3v) is 4.37. The molecule has 0 spiro atoms. The van der Waals surface area contributed by atoms with Gasteiger partial charge in [0.2, 0.25) is 5.82 Å². The van der Waals surface area contributed by atoms with E-state index in [9.17, 15) is 14.3 Å².